The summed E-state index contributed by atoms with van der Waals surface area (Å²) in [5, 5.41) is 0.671. The molecule has 2 aromatic carbocycles. The summed E-state index contributed by atoms with van der Waals surface area (Å²) in [4.78, 5) is 15.2. The number of carbonyl (C=O) groups excluding carboxylic acids is 1. The Labute approximate surface area is 136 Å². The summed E-state index contributed by atoms with van der Waals surface area (Å²) in [7, 11) is 1.79. The molecule has 4 heteroatoms. The molecular formula is C17H18ClNOS. The second-order valence-corrected chi connectivity index (χ2v) is 6.04. The monoisotopic (exact) mass is 319 g/mol. The standard InChI is InChI=1S/C17H18ClNOS/c1-11-8-9-13(21)10-15(11)17(20)19(3)12(2)14-6-4-5-7-16(14)18/h4-10,12,21H,1-3H3. The maximum absolute atomic E-state index is 12.7. The Morgan fingerprint density at radius 2 is 1.90 bits per heavy atom. The van der Waals surface area contributed by atoms with Crippen molar-refractivity contribution in [3.63, 3.8) is 0 Å². The first-order valence-electron chi connectivity index (χ1n) is 6.73. The van der Waals surface area contributed by atoms with Gasteiger partial charge in [-0.15, -0.1) is 12.6 Å². The number of hydrogen-bond donors (Lipinski definition) is 1. The van der Waals surface area contributed by atoms with E-state index in [1.807, 2.05) is 50.2 Å². The molecule has 21 heavy (non-hydrogen) atoms. The Morgan fingerprint density at radius 3 is 2.57 bits per heavy atom. The van der Waals surface area contributed by atoms with Crippen molar-refractivity contribution in [2.75, 3.05) is 7.05 Å². The minimum absolute atomic E-state index is 0.0316. The molecule has 2 aromatic rings. The third-order valence-electron chi connectivity index (χ3n) is 3.71. The Balaban J connectivity index is 2.31. The van der Waals surface area contributed by atoms with Gasteiger partial charge in [-0.3, -0.25) is 4.79 Å². The van der Waals surface area contributed by atoms with Gasteiger partial charge in [0.05, 0.1) is 6.04 Å². The van der Waals surface area contributed by atoms with E-state index in [9.17, 15) is 4.79 Å². The molecule has 0 aliphatic heterocycles. The number of aryl methyl sites for hydroxylation is 1. The Morgan fingerprint density at radius 1 is 1.24 bits per heavy atom. The van der Waals surface area contributed by atoms with Crippen molar-refractivity contribution in [3.8, 4) is 0 Å². The van der Waals surface area contributed by atoms with Crippen molar-refractivity contribution in [1.29, 1.82) is 0 Å². The van der Waals surface area contributed by atoms with E-state index in [1.54, 1.807) is 18.0 Å². The number of benzene rings is 2. The van der Waals surface area contributed by atoms with Gasteiger partial charge in [0.2, 0.25) is 0 Å². The van der Waals surface area contributed by atoms with Crippen LogP contribution in [0.15, 0.2) is 47.4 Å². The van der Waals surface area contributed by atoms with Crippen molar-refractivity contribution in [2.45, 2.75) is 24.8 Å². The highest BCUT2D eigenvalue weighted by molar-refractivity contribution is 7.80. The minimum atomic E-state index is -0.103. The first kappa shape index (κ1) is 15.9. The number of rotatable bonds is 3. The summed E-state index contributed by atoms with van der Waals surface area (Å²) in [6.45, 7) is 3.90. The lowest BCUT2D eigenvalue weighted by Gasteiger charge is -2.26. The smallest absolute Gasteiger partial charge is 0.254 e. The fourth-order valence-corrected chi connectivity index (χ4v) is 2.73. The number of nitrogens with zero attached hydrogens (tertiary/aromatic N) is 1. The molecule has 0 saturated heterocycles. The van der Waals surface area contributed by atoms with Crippen LogP contribution in [-0.2, 0) is 0 Å². The second-order valence-electron chi connectivity index (χ2n) is 5.11. The molecule has 0 heterocycles. The maximum Gasteiger partial charge on any atom is 0.254 e. The highest BCUT2D eigenvalue weighted by Gasteiger charge is 2.21. The van der Waals surface area contributed by atoms with Crippen LogP contribution >= 0.6 is 24.2 Å². The van der Waals surface area contributed by atoms with Crippen LogP contribution in [0.5, 0.6) is 0 Å². The summed E-state index contributed by atoms with van der Waals surface area (Å²) < 4.78 is 0. The molecule has 0 saturated carbocycles. The average Bonchev–Trinajstić information content (AvgIpc) is 2.48. The van der Waals surface area contributed by atoms with E-state index < -0.39 is 0 Å². The van der Waals surface area contributed by atoms with Gasteiger partial charge < -0.3 is 4.90 Å². The number of halogens is 1. The minimum Gasteiger partial charge on any atom is -0.335 e. The number of hydrogen-bond acceptors (Lipinski definition) is 2. The van der Waals surface area contributed by atoms with E-state index in [0.717, 1.165) is 16.0 Å². The highest BCUT2D eigenvalue weighted by atomic mass is 35.5. The molecule has 110 valence electrons. The Hall–Kier alpha value is -1.45. The molecule has 0 aliphatic rings. The molecule has 0 aromatic heterocycles. The molecule has 0 fully saturated rings. The molecule has 0 bridgehead atoms. The molecule has 0 aliphatic carbocycles. The van der Waals surface area contributed by atoms with Crippen LogP contribution in [-0.4, -0.2) is 17.9 Å². The van der Waals surface area contributed by atoms with Crippen molar-refractivity contribution >= 4 is 30.1 Å². The summed E-state index contributed by atoms with van der Waals surface area (Å²) in [6.07, 6.45) is 0. The van der Waals surface area contributed by atoms with E-state index >= 15 is 0 Å². The van der Waals surface area contributed by atoms with Crippen LogP contribution in [0, 0.1) is 6.92 Å². The third kappa shape index (κ3) is 3.42. The van der Waals surface area contributed by atoms with E-state index in [-0.39, 0.29) is 11.9 Å². The van der Waals surface area contributed by atoms with Gasteiger partial charge in [-0.25, -0.2) is 0 Å². The molecule has 1 atom stereocenters. The second kappa shape index (κ2) is 6.54. The number of carbonyl (C=O) groups is 1. The van der Waals surface area contributed by atoms with Crippen LogP contribution in [0.2, 0.25) is 5.02 Å². The summed E-state index contributed by atoms with van der Waals surface area (Å²) in [5.74, 6) is -0.0316. The van der Waals surface area contributed by atoms with Crippen LogP contribution in [0.3, 0.4) is 0 Å². The number of amides is 1. The zero-order valence-corrected chi connectivity index (χ0v) is 13.9. The van der Waals surface area contributed by atoms with E-state index in [2.05, 4.69) is 12.6 Å². The third-order valence-corrected chi connectivity index (χ3v) is 4.33. The molecule has 1 amide bonds. The molecule has 1 unspecified atom stereocenters. The van der Waals surface area contributed by atoms with E-state index in [4.69, 9.17) is 11.6 Å². The molecule has 0 N–H and O–H groups in total. The summed E-state index contributed by atoms with van der Waals surface area (Å²) in [5.41, 5.74) is 2.55. The van der Waals surface area contributed by atoms with Crippen LogP contribution in [0.4, 0.5) is 0 Å². The fourth-order valence-electron chi connectivity index (χ4n) is 2.23. The van der Waals surface area contributed by atoms with Crippen LogP contribution in [0.25, 0.3) is 0 Å². The summed E-state index contributed by atoms with van der Waals surface area (Å²) in [6, 6.07) is 13.1. The Bertz CT molecular complexity index is 672. The van der Waals surface area contributed by atoms with Crippen molar-refractivity contribution in [1.82, 2.24) is 4.90 Å². The van der Waals surface area contributed by atoms with Gasteiger partial charge in [0, 0.05) is 22.5 Å². The zero-order valence-electron chi connectivity index (χ0n) is 12.3. The predicted molar refractivity (Wildman–Crippen MR) is 90.4 cm³/mol. The Kier molecular flexibility index (Phi) is 4.96. The largest absolute Gasteiger partial charge is 0.335 e. The first-order chi connectivity index (χ1) is 9.91. The maximum atomic E-state index is 12.7. The van der Waals surface area contributed by atoms with Gasteiger partial charge in [-0.1, -0.05) is 35.9 Å². The van der Waals surface area contributed by atoms with Crippen molar-refractivity contribution in [2.24, 2.45) is 0 Å². The molecule has 2 nitrogen and oxygen atoms in total. The zero-order chi connectivity index (χ0) is 15.6. The van der Waals surface area contributed by atoms with E-state index in [0.29, 0.717) is 10.6 Å². The van der Waals surface area contributed by atoms with Gasteiger partial charge >= 0.3 is 0 Å². The quantitative estimate of drug-likeness (QED) is 0.808. The van der Waals surface area contributed by atoms with Gasteiger partial charge in [0.15, 0.2) is 0 Å². The predicted octanol–water partition coefficient (Wildman–Crippen LogP) is 4.77. The van der Waals surface area contributed by atoms with Gasteiger partial charge in [-0.2, -0.15) is 0 Å². The fraction of sp³-hybridized carbons (Fsp3) is 0.235. The molecular weight excluding hydrogens is 302 g/mol. The lowest BCUT2D eigenvalue weighted by molar-refractivity contribution is 0.0741. The highest BCUT2D eigenvalue weighted by Crippen LogP contribution is 2.28. The topological polar surface area (TPSA) is 20.3 Å². The van der Waals surface area contributed by atoms with Crippen molar-refractivity contribution < 1.29 is 4.79 Å². The molecule has 2 rings (SSSR count). The van der Waals surface area contributed by atoms with Crippen LogP contribution < -0.4 is 0 Å². The van der Waals surface area contributed by atoms with Gasteiger partial charge in [-0.05, 0) is 43.2 Å². The average molecular weight is 320 g/mol. The SMILES string of the molecule is Cc1ccc(S)cc1C(=O)N(C)C(C)c1ccccc1Cl. The van der Waals surface area contributed by atoms with Crippen molar-refractivity contribution in [3.05, 3.63) is 64.2 Å². The van der Waals surface area contributed by atoms with Crippen LogP contribution in [0.1, 0.15) is 34.5 Å². The van der Waals surface area contributed by atoms with Gasteiger partial charge in [0.25, 0.3) is 5.91 Å². The lowest BCUT2D eigenvalue weighted by atomic mass is 10.0. The lowest BCUT2D eigenvalue weighted by Crippen LogP contribution is -2.30. The first-order valence-corrected chi connectivity index (χ1v) is 7.55. The number of thiol groups is 1. The van der Waals surface area contributed by atoms with E-state index in [1.165, 1.54) is 0 Å². The summed E-state index contributed by atoms with van der Waals surface area (Å²) >= 11 is 10.5. The molecule has 0 radical (unpaired) electrons. The normalized spacial score (nSPS) is 12.0. The van der Waals surface area contributed by atoms with Gasteiger partial charge in [0.1, 0.15) is 0 Å². The molecule has 0 spiro atoms.